The first-order valence-corrected chi connectivity index (χ1v) is 8.43. The van der Waals surface area contributed by atoms with Gasteiger partial charge in [0.2, 0.25) is 17.6 Å². The van der Waals surface area contributed by atoms with Crippen LogP contribution in [0, 0.1) is 0 Å². The zero-order valence-electron chi connectivity index (χ0n) is 13.8. The van der Waals surface area contributed by atoms with E-state index in [1.165, 1.54) is 0 Å². The molecule has 3 rings (SSSR count). The normalized spacial score (nSPS) is 11.9. The highest BCUT2D eigenvalue weighted by molar-refractivity contribution is 6.33. The van der Waals surface area contributed by atoms with Crippen LogP contribution in [0.5, 0.6) is 0 Å². The monoisotopic (exact) mass is 355 g/mol. The number of aromatic nitrogens is 2. The molecule has 0 spiro atoms. The van der Waals surface area contributed by atoms with E-state index in [0.717, 1.165) is 5.56 Å². The number of halogens is 1. The maximum atomic E-state index is 12.1. The molecule has 1 atom stereocenters. The summed E-state index contributed by atoms with van der Waals surface area (Å²) in [6, 6.07) is 17.1. The van der Waals surface area contributed by atoms with E-state index in [2.05, 4.69) is 15.5 Å². The van der Waals surface area contributed by atoms with E-state index in [-0.39, 0.29) is 18.4 Å². The second kappa shape index (κ2) is 7.94. The minimum atomic E-state index is -0.0613. The Balaban J connectivity index is 1.55. The van der Waals surface area contributed by atoms with Gasteiger partial charge in [-0.05, 0) is 24.6 Å². The molecule has 0 saturated carbocycles. The average molecular weight is 356 g/mol. The summed E-state index contributed by atoms with van der Waals surface area (Å²) >= 11 is 6.13. The highest BCUT2D eigenvalue weighted by atomic mass is 35.5. The van der Waals surface area contributed by atoms with E-state index in [4.69, 9.17) is 16.1 Å². The quantitative estimate of drug-likeness (QED) is 0.719. The van der Waals surface area contributed by atoms with E-state index in [0.29, 0.717) is 28.7 Å². The van der Waals surface area contributed by atoms with Gasteiger partial charge in [-0.25, -0.2) is 0 Å². The van der Waals surface area contributed by atoms with Gasteiger partial charge in [-0.2, -0.15) is 4.98 Å². The number of amides is 1. The van der Waals surface area contributed by atoms with Crippen LogP contribution in [-0.2, 0) is 11.2 Å². The van der Waals surface area contributed by atoms with Gasteiger partial charge in [0.25, 0.3) is 0 Å². The van der Waals surface area contributed by atoms with Gasteiger partial charge >= 0.3 is 0 Å². The van der Waals surface area contributed by atoms with Crippen molar-refractivity contribution >= 4 is 17.5 Å². The molecule has 0 aliphatic heterocycles. The van der Waals surface area contributed by atoms with Crippen LogP contribution in [0.1, 0.15) is 30.8 Å². The van der Waals surface area contributed by atoms with Crippen LogP contribution in [0.25, 0.3) is 11.4 Å². The van der Waals surface area contributed by atoms with Gasteiger partial charge in [0, 0.05) is 18.4 Å². The summed E-state index contributed by atoms with van der Waals surface area (Å²) in [5, 5.41) is 7.46. The van der Waals surface area contributed by atoms with Crippen molar-refractivity contribution in [2.45, 2.75) is 25.8 Å². The first kappa shape index (κ1) is 17.2. The van der Waals surface area contributed by atoms with Crippen LogP contribution >= 0.6 is 11.6 Å². The summed E-state index contributed by atoms with van der Waals surface area (Å²) in [5.74, 6) is 0.782. The van der Waals surface area contributed by atoms with Crippen molar-refractivity contribution in [3.63, 3.8) is 0 Å². The molecule has 0 fully saturated rings. The van der Waals surface area contributed by atoms with Crippen molar-refractivity contribution in [1.29, 1.82) is 0 Å². The maximum absolute atomic E-state index is 12.1. The van der Waals surface area contributed by atoms with Crippen molar-refractivity contribution in [3.05, 3.63) is 71.1 Å². The number of carbonyl (C=O) groups is 1. The second-order valence-corrected chi connectivity index (χ2v) is 6.10. The van der Waals surface area contributed by atoms with Crippen LogP contribution < -0.4 is 5.32 Å². The van der Waals surface area contributed by atoms with Crippen molar-refractivity contribution < 1.29 is 9.32 Å². The molecule has 0 aliphatic carbocycles. The predicted octanol–water partition coefficient (Wildman–Crippen LogP) is 4.20. The molecule has 0 bridgehead atoms. The summed E-state index contributed by atoms with van der Waals surface area (Å²) in [4.78, 5) is 16.4. The lowest BCUT2D eigenvalue weighted by Crippen LogP contribution is -2.26. The molecule has 128 valence electrons. The SMILES string of the molecule is C[C@H](NC(=O)CCc1nc(-c2ccccc2Cl)no1)c1ccccc1. The summed E-state index contributed by atoms with van der Waals surface area (Å²) in [7, 11) is 0. The highest BCUT2D eigenvalue weighted by Gasteiger charge is 2.14. The van der Waals surface area contributed by atoms with Gasteiger partial charge in [0.05, 0.1) is 11.1 Å². The molecule has 1 heterocycles. The summed E-state index contributed by atoms with van der Waals surface area (Å²) in [5.41, 5.74) is 1.77. The molecule has 25 heavy (non-hydrogen) atoms. The van der Waals surface area contributed by atoms with Crippen molar-refractivity contribution in [2.24, 2.45) is 0 Å². The molecule has 6 heteroatoms. The maximum Gasteiger partial charge on any atom is 0.227 e. The number of nitrogens with one attached hydrogen (secondary N) is 1. The van der Waals surface area contributed by atoms with Gasteiger partial charge in [-0.1, -0.05) is 59.2 Å². The lowest BCUT2D eigenvalue weighted by Gasteiger charge is -2.13. The van der Waals surface area contributed by atoms with E-state index < -0.39 is 0 Å². The van der Waals surface area contributed by atoms with Gasteiger partial charge in [0.1, 0.15) is 0 Å². The molecule has 0 aliphatic rings. The third-order valence-corrected chi connectivity index (χ3v) is 4.16. The number of hydrogen-bond donors (Lipinski definition) is 1. The number of aryl methyl sites for hydroxylation is 1. The van der Waals surface area contributed by atoms with Crippen LogP contribution in [0.15, 0.2) is 59.1 Å². The van der Waals surface area contributed by atoms with Crippen LogP contribution in [0.3, 0.4) is 0 Å². The molecule has 5 nitrogen and oxygen atoms in total. The van der Waals surface area contributed by atoms with Gasteiger partial charge in [-0.15, -0.1) is 0 Å². The fraction of sp³-hybridized carbons (Fsp3) is 0.211. The summed E-state index contributed by atoms with van der Waals surface area (Å²) in [6.45, 7) is 1.95. The Morgan fingerprint density at radius 1 is 1.16 bits per heavy atom. The van der Waals surface area contributed by atoms with Crippen LogP contribution in [-0.4, -0.2) is 16.0 Å². The molecule has 0 unspecified atom stereocenters. The fourth-order valence-corrected chi connectivity index (χ4v) is 2.69. The van der Waals surface area contributed by atoms with Crippen LogP contribution in [0.2, 0.25) is 5.02 Å². The molecule has 2 aromatic carbocycles. The van der Waals surface area contributed by atoms with Crippen molar-refractivity contribution in [3.8, 4) is 11.4 Å². The number of hydrogen-bond acceptors (Lipinski definition) is 4. The van der Waals surface area contributed by atoms with Crippen molar-refractivity contribution in [1.82, 2.24) is 15.5 Å². The molecular formula is C19H18ClN3O2. The zero-order chi connectivity index (χ0) is 17.6. The number of rotatable bonds is 6. The highest BCUT2D eigenvalue weighted by Crippen LogP contribution is 2.25. The minimum absolute atomic E-state index is 0.0462. The van der Waals surface area contributed by atoms with E-state index >= 15 is 0 Å². The molecule has 3 aromatic rings. The third-order valence-electron chi connectivity index (χ3n) is 3.83. The first-order valence-electron chi connectivity index (χ1n) is 8.05. The number of nitrogens with zero attached hydrogens (tertiary/aromatic N) is 2. The predicted molar refractivity (Wildman–Crippen MR) is 96.1 cm³/mol. The standard InChI is InChI=1S/C19H18ClN3O2/c1-13(14-7-3-2-4-8-14)21-17(24)11-12-18-22-19(23-25-18)15-9-5-6-10-16(15)20/h2-10,13H,11-12H2,1H3,(H,21,24)/t13-/m0/s1. The molecule has 0 radical (unpaired) electrons. The Kier molecular flexibility index (Phi) is 5.46. The molecule has 1 aromatic heterocycles. The average Bonchev–Trinajstić information content (AvgIpc) is 3.10. The second-order valence-electron chi connectivity index (χ2n) is 5.69. The van der Waals surface area contributed by atoms with Gasteiger partial charge in [0.15, 0.2) is 0 Å². The summed E-state index contributed by atoms with van der Waals surface area (Å²) in [6.07, 6.45) is 0.659. The lowest BCUT2D eigenvalue weighted by molar-refractivity contribution is -0.121. The Morgan fingerprint density at radius 2 is 1.88 bits per heavy atom. The first-order chi connectivity index (χ1) is 12.1. The van der Waals surface area contributed by atoms with Crippen molar-refractivity contribution in [2.75, 3.05) is 0 Å². The Bertz CT molecular complexity index is 849. The van der Waals surface area contributed by atoms with E-state index in [9.17, 15) is 4.79 Å². The number of carbonyl (C=O) groups excluding carboxylic acids is 1. The van der Waals surface area contributed by atoms with Gasteiger partial charge < -0.3 is 9.84 Å². The zero-order valence-corrected chi connectivity index (χ0v) is 14.5. The van der Waals surface area contributed by atoms with E-state index in [1.54, 1.807) is 6.07 Å². The minimum Gasteiger partial charge on any atom is -0.350 e. The van der Waals surface area contributed by atoms with Crippen LogP contribution in [0.4, 0.5) is 0 Å². The Labute approximate surface area is 151 Å². The fourth-order valence-electron chi connectivity index (χ4n) is 2.47. The third kappa shape index (κ3) is 4.45. The topological polar surface area (TPSA) is 68.0 Å². The molecule has 1 N–H and O–H groups in total. The Morgan fingerprint density at radius 3 is 2.64 bits per heavy atom. The lowest BCUT2D eigenvalue weighted by atomic mass is 10.1. The van der Waals surface area contributed by atoms with E-state index in [1.807, 2.05) is 55.5 Å². The number of benzene rings is 2. The molecular weight excluding hydrogens is 338 g/mol. The smallest absolute Gasteiger partial charge is 0.227 e. The molecule has 0 saturated heterocycles. The van der Waals surface area contributed by atoms with Gasteiger partial charge in [-0.3, -0.25) is 4.79 Å². The summed E-state index contributed by atoms with van der Waals surface area (Å²) < 4.78 is 5.21. The largest absolute Gasteiger partial charge is 0.350 e. The molecule has 1 amide bonds. The Hall–Kier alpha value is -2.66.